The van der Waals surface area contributed by atoms with Crippen LogP contribution in [0, 0.1) is 0 Å². The van der Waals surface area contributed by atoms with Gasteiger partial charge in [0.1, 0.15) is 11.5 Å². The van der Waals surface area contributed by atoms with Gasteiger partial charge in [0.2, 0.25) is 0 Å². The molecule has 0 aromatic heterocycles. The summed E-state index contributed by atoms with van der Waals surface area (Å²) in [6.45, 7) is 12.5. The summed E-state index contributed by atoms with van der Waals surface area (Å²) >= 11 is 0. The second kappa shape index (κ2) is 6.54. The van der Waals surface area contributed by atoms with E-state index in [9.17, 15) is 13.2 Å². The maximum atomic E-state index is 13.3. The van der Waals surface area contributed by atoms with Gasteiger partial charge in [0.05, 0.1) is 7.11 Å². The Labute approximate surface area is 103 Å². The molecule has 0 atom stereocenters. The van der Waals surface area contributed by atoms with E-state index in [2.05, 4.69) is 31.1 Å². The van der Waals surface area contributed by atoms with Crippen LogP contribution in [0.1, 0.15) is 0 Å². The third-order valence-electron chi connectivity index (χ3n) is 1.91. The molecule has 0 heterocycles. The minimum absolute atomic E-state index is 0.236. The van der Waals surface area contributed by atoms with Gasteiger partial charge in [0, 0.05) is 5.57 Å². The first kappa shape index (κ1) is 15.8. The molecule has 0 amide bonds. The van der Waals surface area contributed by atoms with Crippen LogP contribution in [0.3, 0.4) is 0 Å². The molecule has 0 aliphatic carbocycles. The van der Waals surface area contributed by atoms with Crippen LogP contribution < -0.4 is 0 Å². The maximum absolute atomic E-state index is 13.3. The van der Waals surface area contributed by atoms with Crippen molar-refractivity contribution in [2.24, 2.45) is 0 Å². The SMILES string of the molecule is C=C(/C=C(/F)C(=C)OC)C(=C)/C(F)=C(/F)C(=C)O. The van der Waals surface area contributed by atoms with E-state index in [4.69, 9.17) is 5.11 Å². The number of hydrogen-bond acceptors (Lipinski definition) is 2. The van der Waals surface area contributed by atoms with E-state index in [-0.39, 0.29) is 11.3 Å². The molecule has 0 saturated carbocycles. The van der Waals surface area contributed by atoms with E-state index in [0.717, 1.165) is 6.08 Å². The molecule has 0 spiro atoms. The Balaban J connectivity index is 5.16. The van der Waals surface area contributed by atoms with E-state index >= 15 is 0 Å². The molecule has 0 aromatic carbocycles. The van der Waals surface area contributed by atoms with Crippen molar-refractivity contribution in [3.8, 4) is 0 Å². The van der Waals surface area contributed by atoms with Gasteiger partial charge in [0.15, 0.2) is 17.5 Å². The first-order chi connectivity index (χ1) is 8.22. The molecule has 0 fully saturated rings. The Morgan fingerprint density at radius 3 is 1.94 bits per heavy atom. The third kappa shape index (κ3) is 4.01. The summed E-state index contributed by atoms with van der Waals surface area (Å²) in [5.41, 5.74) is -0.763. The molecule has 18 heavy (non-hydrogen) atoms. The van der Waals surface area contributed by atoms with Gasteiger partial charge in [-0.3, -0.25) is 0 Å². The lowest BCUT2D eigenvalue weighted by Crippen LogP contribution is -1.92. The summed E-state index contributed by atoms with van der Waals surface area (Å²) in [7, 11) is 1.20. The highest BCUT2D eigenvalue weighted by atomic mass is 19.2. The minimum Gasteiger partial charge on any atom is -0.505 e. The number of ether oxygens (including phenoxy) is 1. The Bertz CT molecular complexity index is 471. The van der Waals surface area contributed by atoms with Gasteiger partial charge in [-0.15, -0.1) is 0 Å². The summed E-state index contributed by atoms with van der Waals surface area (Å²) in [6, 6.07) is 0. The first-order valence-electron chi connectivity index (χ1n) is 4.64. The zero-order valence-corrected chi connectivity index (χ0v) is 9.90. The van der Waals surface area contributed by atoms with Gasteiger partial charge in [-0.2, -0.15) is 4.39 Å². The molecule has 1 N–H and O–H groups in total. The van der Waals surface area contributed by atoms with Crippen molar-refractivity contribution in [2.75, 3.05) is 7.11 Å². The van der Waals surface area contributed by atoms with Crippen molar-refractivity contribution in [1.82, 2.24) is 0 Å². The van der Waals surface area contributed by atoms with Gasteiger partial charge in [-0.1, -0.05) is 26.3 Å². The fraction of sp³-hybridized carbons (Fsp3) is 0.0769. The molecule has 0 saturated heterocycles. The number of allylic oxidation sites excluding steroid dienone is 6. The van der Waals surface area contributed by atoms with Crippen molar-refractivity contribution in [3.63, 3.8) is 0 Å². The second-order valence-electron chi connectivity index (χ2n) is 3.20. The quantitative estimate of drug-likeness (QED) is 0.567. The fourth-order valence-corrected chi connectivity index (χ4v) is 0.818. The second-order valence-corrected chi connectivity index (χ2v) is 3.20. The lowest BCUT2D eigenvalue weighted by Gasteiger charge is -2.06. The zero-order valence-electron chi connectivity index (χ0n) is 9.90. The number of methoxy groups -OCH3 is 1. The van der Waals surface area contributed by atoms with Crippen LogP contribution in [0.2, 0.25) is 0 Å². The number of aliphatic hydroxyl groups excluding tert-OH is 1. The Morgan fingerprint density at radius 2 is 1.56 bits per heavy atom. The van der Waals surface area contributed by atoms with Crippen LogP contribution in [0.15, 0.2) is 72.5 Å². The highest BCUT2D eigenvalue weighted by Crippen LogP contribution is 2.26. The molecule has 0 aliphatic heterocycles. The van der Waals surface area contributed by atoms with Crippen LogP contribution in [-0.2, 0) is 4.74 Å². The summed E-state index contributed by atoms with van der Waals surface area (Å²) in [4.78, 5) is 0. The van der Waals surface area contributed by atoms with Crippen molar-refractivity contribution >= 4 is 0 Å². The number of hydrogen-bond donors (Lipinski definition) is 1. The topological polar surface area (TPSA) is 29.5 Å². The highest BCUT2D eigenvalue weighted by molar-refractivity contribution is 5.50. The molecular weight excluding hydrogens is 245 g/mol. The van der Waals surface area contributed by atoms with E-state index < -0.39 is 28.8 Å². The fourth-order valence-electron chi connectivity index (χ4n) is 0.818. The standard InChI is InChI=1S/C13H13F3O2/c1-7(6-11(14)10(4)18-5)8(2)12(15)13(16)9(3)17/h6,17H,1-4H2,5H3/b11-6+,13-12-. The molecule has 0 unspecified atom stereocenters. The Hall–Kier alpha value is -2.17. The highest BCUT2D eigenvalue weighted by Gasteiger charge is 2.15. The predicted molar refractivity (Wildman–Crippen MR) is 64.6 cm³/mol. The molecule has 5 heteroatoms. The molecule has 98 valence electrons. The zero-order chi connectivity index (χ0) is 14.5. The van der Waals surface area contributed by atoms with E-state index in [1.165, 1.54) is 7.11 Å². The average Bonchev–Trinajstić information content (AvgIpc) is 2.34. The van der Waals surface area contributed by atoms with Gasteiger partial charge < -0.3 is 9.84 Å². The van der Waals surface area contributed by atoms with Gasteiger partial charge in [-0.05, 0) is 11.6 Å². The lowest BCUT2D eigenvalue weighted by molar-refractivity contribution is 0.285. The van der Waals surface area contributed by atoms with Crippen molar-refractivity contribution < 1.29 is 23.0 Å². The van der Waals surface area contributed by atoms with E-state index in [1.54, 1.807) is 0 Å². The smallest absolute Gasteiger partial charge is 0.200 e. The maximum Gasteiger partial charge on any atom is 0.200 e. The predicted octanol–water partition coefficient (Wildman–Crippen LogP) is 4.33. The number of halogens is 3. The molecule has 0 rings (SSSR count). The lowest BCUT2D eigenvalue weighted by atomic mass is 10.1. The summed E-state index contributed by atoms with van der Waals surface area (Å²) in [6.07, 6.45) is 0.779. The van der Waals surface area contributed by atoms with Crippen LogP contribution in [-0.4, -0.2) is 12.2 Å². The first-order valence-corrected chi connectivity index (χ1v) is 4.64. The molecule has 2 nitrogen and oxygen atoms in total. The molecule has 0 bridgehead atoms. The normalized spacial score (nSPS) is 12.6. The Kier molecular flexibility index (Phi) is 5.75. The monoisotopic (exact) mass is 258 g/mol. The van der Waals surface area contributed by atoms with Crippen LogP contribution in [0.25, 0.3) is 0 Å². The summed E-state index contributed by atoms with van der Waals surface area (Å²) in [5, 5.41) is 8.67. The summed E-state index contributed by atoms with van der Waals surface area (Å²) < 4.78 is 44.1. The molecule has 0 aliphatic rings. The molecule has 0 radical (unpaired) electrons. The summed E-state index contributed by atoms with van der Waals surface area (Å²) in [5.74, 6) is -5.34. The number of aliphatic hydroxyl groups is 1. The Morgan fingerprint density at radius 1 is 1.06 bits per heavy atom. The van der Waals surface area contributed by atoms with Crippen molar-refractivity contribution in [1.29, 1.82) is 0 Å². The minimum atomic E-state index is -1.58. The van der Waals surface area contributed by atoms with Gasteiger partial charge in [-0.25, -0.2) is 8.78 Å². The van der Waals surface area contributed by atoms with E-state index in [0.29, 0.717) is 0 Å². The van der Waals surface area contributed by atoms with E-state index in [1.807, 2.05) is 0 Å². The largest absolute Gasteiger partial charge is 0.505 e. The van der Waals surface area contributed by atoms with Crippen LogP contribution >= 0.6 is 0 Å². The average molecular weight is 258 g/mol. The van der Waals surface area contributed by atoms with Gasteiger partial charge >= 0.3 is 0 Å². The number of rotatable bonds is 6. The van der Waals surface area contributed by atoms with Crippen molar-refractivity contribution in [3.05, 3.63) is 72.5 Å². The van der Waals surface area contributed by atoms with Crippen LogP contribution in [0.4, 0.5) is 13.2 Å². The van der Waals surface area contributed by atoms with Gasteiger partial charge in [0.25, 0.3) is 0 Å². The van der Waals surface area contributed by atoms with Crippen molar-refractivity contribution in [2.45, 2.75) is 0 Å². The van der Waals surface area contributed by atoms with Crippen LogP contribution in [0.5, 0.6) is 0 Å². The molecular formula is C13H13F3O2. The molecule has 0 aromatic rings. The third-order valence-corrected chi connectivity index (χ3v) is 1.91.